The van der Waals surface area contributed by atoms with E-state index in [1.807, 2.05) is 30.3 Å². The predicted octanol–water partition coefficient (Wildman–Crippen LogP) is 1.50. The Morgan fingerprint density at radius 3 is 2.53 bits per heavy atom. The lowest BCUT2D eigenvalue weighted by molar-refractivity contribution is 0.111. The summed E-state index contributed by atoms with van der Waals surface area (Å²) in [6, 6.07) is 14.0. The number of aldehydes is 1. The summed E-state index contributed by atoms with van der Waals surface area (Å²) in [4.78, 5) is 11.0. The van der Waals surface area contributed by atoms with Gasteiger partial charge in [-0.05, 0) is 23.2 Å². The fourth-order valence-electron chi connectivity index (χ4n) is 1.69. The van der Waals surface area contributed by atoms with Crippen molar-refractivity contribution in [1.29, 1.82) is 0 Å². The van der Waals surface area contributed by atoms with Crippen molar-refractivity contribution >= 4 is 18.9 Å². The van der Waals surface area contributed by atoms with E-state index in [1.54, 1.807) is 6.07 Å². The van der Waals surface area contributed by atoms with Crippen LogP contribution in [0.4, 0.5) is 0 Å². The van der Waals surface area contributed by atoms with Gasteiger partial charge in [-0.2, -0.15) is 0 Å². The fraction of sp³-hybridized carbons (Fsp3) is 0.0714. The lowest BCUT2D eigenvalue weighted by Crippen LogP contribution is -2.30. The average molecular weight is 262 g/mol. The van der Waals surface area contributed by atoms with E-state index in [9.17, 15) is 4.79 Å². The largest absolute Gasteiger partial charge is 0.488 e. The van der Waals surface area contributed by atoms with Crippen molar-refractivity contribution in [2.24, 2.45) is 0 Å². The van der Waals surface area contributed by atoms with E-state index in [0.717, 1.165) is 5.56 Å². The van der Waals surface area contributed by atoms with Gasteiger partial charge in [0.15, 0.2) is 6.29 Å². The van der Waals surface area contributed by atoms with E-state index >= 15 is 0 Å². The molecule has 0 aliphatic rings. The first-order valence-electron chi connectivity index (χ1n) is 5.82. The molecule has 0 heterocycles. The molecule has 5 heteroatoms. The van der Waals surface area contributed by atoms with Gasteiger partial charge in [0.25, 0.3) is 0 Å². The number of hydrogen-bond donors (Lipinski definition) is 2. The van der Waals surface area contributed by atoms with Gasteiger partial charge in [0.1, 0.15) is 12.4 Å². The second-order valence-corrected chi connectivity index (χ2v) is 4.06. The minimum Gasteiger partial charge on any atom is -0.488 e. The molecule has 2 aromatic carbocycles. The zero-order valence-corrected chi connectivity index (χ0v) is 10.2. The average Bonchev–Trinajstić information content (AvgIpc) is 2.45. The Kier molecular flexibility index (Phi) is 4.33. The van der Waals surface area contributed by atoms with Crippen LogP contribution in [0.25, 0.3) is 0 Å². The number of carbonyl (C=O) groups is 1. The molecule has 2 aromatic rings. The highest BCUT2D eigenvalue weighted by atomic mass is 16.5. The van der Waals surface area contributed by atoms with Gasteiger partial charge < -0.3 is 14.8 Å². The van der Waals surface area contributed by atoms with Crippen LogP contribution < -0.4 is 10.2 Å². The van der Waals surface area contributed by atoms with E-state index in [2.05, 4.69) is 0 Å². The topological polar surface area (TPSA) is 66.8 Å². The Hall–Kier alpha value is -2.11. The van der Waals surface area contributed by atoms with E-state index in [1.165, 1.54) is 12.1 Å². The molecule has 0 spiro atoms. The maximum Gasteiger partial charge on any atom is 0.488 e. The number of ether oxygens (including phenoxy) is 1. The maximum absolute atomic E-state index is 11.0. The molecular formula is C14H19BO4. The molecule has 0 aromatic heterocycles. The Morgan fingerprint density at radius 2 is 1.89 bits per heavy atom. The molecule has 102 valence electrons. The summed E-state index contributed by atoms with van der Waals surface area (Å²) in [5.41, 5.74) is 1.54. The van der Waals surface area contributed by atoms with Gasteiger partial charge in [0.2, 0.25) is 0 Å². The van der Waals surface area contributed by atoms with Gasteiger partial charge in [-0.3, -0.25) is 4.79 Å². The molecular weight excluding hydrogens is 243 g/mol. The van der Waals surface area contributed by atoms with Crippen LogP contribution in [0.3, 0.4) is 0 Å². The summed E-state index contributed by atoms with van der Waals surface area (Å²) in [5, 5.41) is 18.1. The van der Waals surface area contributed by atoms with Crippen molar-refractivity contribution in [3.05, 3.63) is 59.7 Å². The van der Waals surface area contributed by atoms with E-state index in [0.29, 0.717) is 24.2 Å². The molecule has 0 aliphatic heterocycles. The van der Waals surface area contributed by atoms with E-state index < -0.39 is 7.12 Å². The number of carbonyl (C=O) groups excluding carboxylic acids is 1. The molecule has 0 unspecified atom stereocenters. The Morgan fingerprint density at radius 1 is 1.16 bits per heavy atom. The molecule has 2 rings (SSSR count). The number of hydrogen-bond acceptors (Lipinski definition) is 4. The van der Waals surface area contributed by atoms with Crippen LogP contribution >= 0.6 is 0 Å². The van der Waals surface area contributed by atoms with Crippen LogP contribution in [-0.2, 0) is 6.61 Å². The molecule has 0 saturated carbocycles. The Labute approximate surface area is 115 Å². The highest BCUT2D eigenvalue weighted by Crippen LogP contribution is 2.16. The second kappa shape index (κ2) is 6.18. The fourth-order valence-corrected chi connectivity index (χ4v) is 1.69. The van der Waals surface area contributed by atoms with Crippen molar-refractivity contribution < 1.29 is 23.9 Å². The molecule has 0 amide bonds. The van der Waals surface area contributed by atoms with Gasteiger partial charge in [-0.15, -0.1) is 0 Å². The normalized spacial score (nSPS) is 10.0. The first-order valence-corrected chi connectivity index (χ1v) is 5.82. The molecule has 0 atom stereocenters. The molecule has 0 aliphatic carbocycles. The van der Waals surface area contributed by atoms with Crippen LogP contribution in [0.15, 0.2) is 48.5 Å². The van der Waals surface area contributed by atoms with Crippen molar-refractivity contribution in [3.63, 3.8) is 0 Å². The molecule has 19 heavy (non-hydrogen) atoms. The predicted molar refractivity (Wildman–Crippen MR) is 78.8 cm³/mol. The van der Waals surface area contributed by atoms with Gasteiger partial charge in [0.05, 0.1) is 5.56 Å². The highest BCUT2D eigenvalue weighted by Gasteiger charge is 2.13. The van der Waals surface area contributed by atoms with Gasteiger partial charge in [0, 0.05) is 4.28 Å². The van der Waals surface area contributed by atoms with Crippen LogP contribution in [0.1, 0.15) is 20.2 Å². The van der Waals surface area contributed by atoms with Crippen molar-refractivity contribution in [2.75, 3.05) is 0 Å². The first-order chi connectivity index (χ1) is 9.20. The van der Waals surface area contributed by atoms with Gasteiger partial charge in [-0.1, -0.05) is 36.4 Å². The van der Waals surface area contributed by atoms with Crippen LogP contribution in [0.5, 0.6) is 5.75 Å². The minimum absolute atomic E-state index is 0. The molecule has 4 nitrogen and oxygen atoms in total. The SMILES string of the molecule is O=Cc1cc(B(O)O)ccc1OCc1ccccc1.[HH].[HH].[HH]. The van der Waals surface area contributed by atoms with E-state index in [4.69, 9.17) is 14.8 Å². The monoisotopic (exact) mass is 262 g/mol. The summed E-state index contributed by atoms with van der Waals surface area (Å²) in [5.74, 6) is 0.420. The van der Waals surface area contributed by atoms with E-state index in [-0.39, 0.29) is 9.74 Å². The van der Waals surface area contributed by atoms with Crippen LogP contribution in [-0.4, -0.2) is 23.5 Å². The second-order valence-electron chi connectivity index (χ2n) is 4.06. The zero-order chi connectivity index (χ0) is 13.7. The maximum atomic E-state index is 11.0. The third-order valence-corrected chi connectivity index (χ3v) is 2.70. The summed E-state index contributed by atoms with van der Waals surface area (Å²) in [6.07, 6.45) is 0.631. The highest BCUT2D eigenvalue weighted by molar-refractivity contribution is 6.58. The molecule has 0 bridgehead atoms. The summed E-state index contributed by atoms with van der Waals surface area (Å²) < 4.78 is 5.55. The van der Waals surface area contributed by atoms with Gasteiger partial charge >= 0.3 is 7.12 Å². The van der Waals surface area contributed by atoms with Crippen molar-refractivity contribution in [3.8, 4) is 5.75 Å². The summed E-state index contributed by atoms with van der Waals surface area (Å²) >= 11 is 0. The van der Waals surface area contributed by atoms with Crippen LogP contribution in [0, 0.1) is 0 Å². The third-order valence-electron chi connectivity index (χ3n) is 2.70. The quantitative estimate of drug-likeness (QED) is 0.633. The molecule has 0 radical (unpaired) electrons. The van der Waals surface area contributed by atoms with Gasteiger partial charge in [-0.25, -0.2) is 0 Å². The minimum atomic E-state index is -1.60. The summed E-state index contributed by atoms with van der Waals surface area (Å²) in [7, 11) is -1.60. The Balaban J connectivity index is 0. The molecule has 2 N–H and O–H groups in total. The lowest BCUT2D eigenvalue weighted by atomic mass is 9.79. The first kappa shape index (κ1) is 13.3. The molecule has 0 saturated heterocycles. The Bertz CT molecular complexity index is 567. The van der Waals surface area contributed by atoms with Crippen molar-refractivity contribution in [1.82, 2.24) is 0 Å². The zero-order valence-electron chi connectivity index (χ0n) is 10.2. The third kappa shape index (κ3) is 3.43. The van der Waals surface area contributed by atoms with Crippen molar-refractivity contribution in [2.45, 2.75) is 6.61 Å². The number of benzene rings is 2. The standard InChI is InChI=1S/C14H13BO4.3H2/c16-9-12-8-13(15(17)18)6-7-14(12)19-10-11-4-2-1-3-5-11;;;/h1-9,17-18H,10H2;3*1H. The lowest BCUT2D eigenvalue weighted by Gasteiger charge is -2.10. The van der Waals surface area contributed by atoms with Crippen LogP contribution in [0.2, 0.25) is 0 Å². The smallest absolute Gasteiger partial charge is 0.488 e. The number of rotatable bonds is 5. The molecule has 0 fully saturated rings. The summed E-state index contributed by atoms with van der Waals surface area (Å²) in [6.45, 7) is 0.350.